The Bertz CT molecular complexity index is 1260. The van der Waals surface area contributed by atoms with Crippen molar-refractivity contribution in [2.24, 2.45) is 0 Å². The van der Waals surface area contributed by atoms with Gasteiger partial charge in [0.1, 0.15) is 5.65 Å². The van der Waals surface area contributed by atoms with Crippen LogP contribution in [0.2, 0.25) is 10.0 Å². The summed E-state index contributed by atoms with van der Waals surface area (Å²) in [6, 6.07) is 13.1. The molecule has 4 rings (SSSR count). The van der Waals surface area contributed by atoms with Crippen LogP contribution >= 0.6 is 23.2 Å². The zero-order valence-corrected chi connectivity index (χ0v) is 16.7. The van der Waals surface area contributed by atoms with Crippen LogP contribution in [0.25, 0.3) is 22.8 Å². The number of rotatable bonds is 5. The molecule has 0 unspecified atom stereocenters. The van der Waals surface area contributed by atoms with Crippen molar-refractivity contribution >= 4 is 51.7 Å². The number of benzene rings is 2. The highest BCUT2D eigenvalue weighted by Gasteiger charge is 2.21. The number of hydrogen-bond donors (Lipinski definition) is 0. The van der Waals surface area contributed by atoms with E-state index in [1.54, 1.807) is 24.3 Å². The molecule has 2 aromatic heterocycles. The summed E-state index contributed by atoms with van der Waals surface area (Å²) < 4.78 is 3.88. The highest BCUT2D eigenvalue weighted by atomic mass is 35.5. The molecule has 6 heteroatoms. The van der Waals surface area contributed by atoms with Gasteiger partial charge in [0.05, 0.1) is 22.3 Å². The third-order valence-corrected chi connectivity index (χ3v) is 5.19. The van der Waals surface area contributed by atoms with E-state index in [-0.39, 0.29) is 5.78 Å². The fourth-order valence-corrected chi connectivity index (χ4v) is 3.88. The van der Waals surface area contributed by atoms with Crippen molar-refractivity contribution in [3.63, 3.8) is 0 Å². The lowest BCUT2D eigenvalue weighted by Crippen LogP contribution is -2.02. The number of allylic oxidation sites excluding steroid dienone is 2. The highest BCUT2D eigenvalue weighted by Crippen LogP contribution is 2.27. The van der Waals surface area contributed by atoms with Crippen molar-refractivity contribution < 1.29 is 4.79 Å². The Morgan fingerprint density at radius 2 is 1.93 bits per heavy atom. The predicted molar refractivity (Wildman–Crippen MR) is 115 cm³/mol. The first kappa shape index (κ1) is 18.5. The summed E-state index contributed by atoms with van der Waals surface area (Å²) in [5, 5.41) is 5.66. The maximum atomic E-state index is 13.1. The lowest BCUT2D eigenvalue weighted by Gasteiger charge is -2.03. The van der Waals surface area contributed by atoms with Gasteiger partial charge in [-0.2, -0.15) is 5.10 Å². The summed E-state index contributed by atoms with van der Waals surface area (Å²) >= 11 is 12.1. The Morgan fingerprint density at radius 3 is 2.64 bits per heavy atom. The van der Waals surface area contributed by atoms with Gasteiger partial charge in [0, 0.05) is 16.6 Å². The van der Waals surface area contributed by atoms with E-state index in [9.17, 15) is 4.79 Å². The molecule has 4 nitrogen and oxygen atoms in total. The first-order valence-corrected chi connectivity index (χ1v) is 9.51. The zero-order chi connectivity index (χ0) is 19.8. The molecule has 0 spiro atoms. The summed E-state index contributed by atoms with van der Waals surface area (Å²) in [4.78, 5) is 13.1. The summed E-state index contributed by atoms with van der Waals surface area (Å²) in [6.07, 6.45) is 5.03. The summed E-state index contributed by atoms with van der Waals surface area (Å²) in [5.41, 5.74) is 4.69. The number of ketones is 1. The van der Waals surface area contributed by atoms with Gasteiger partial charge in [0.25, 0.3) is 0 Å². The molecule has 0 aliphatic carbocycles. The van der Waals surface area contributed by atoms with Crippen LogP contribution in [0.15, 0.2) is 61.2 Å². The molecule has 0 amide bonds. The molecule has 0 atom stereocenters. The van der Waals surface area contributed by atoms with Crippen molar-refractivity contribution in [3.8, 4) is 0 Å². The van der Waals surface area contributed by atoms with Crippen LogP contribution in [0.4, 0.5) is 0 Å². The Labute approximate surface area is 172 Å². The molecule has 0 radical (unpaired) electrons. The number of para-hydroxylation sites is 2. The molecule has 0 saturated heterocycles. The van der Waals surface area contributed by atoms with Crippen LogP contribution in [0.1, 0.15) is 21.6 Å². The summed E-state index contributed by atoms with van der Waals surface area (Å²) in [6.45, 7) is 6.27. The molecule has 2 heterocycles. The van der Waals surface area contributed by atoms with Gasteiger partial charge in [-0.05, 0) is 48.9 Å². The Hall–Kier alpha value is -2.82. The first-order chi connectivity index (χ1) is 13.5. The first-order valence-electron chi connectivity index (χ1n) is 8.76. The minimum atomic E-state index is -0.133. The smallest absolute Gasteiger partial charge is 0.191 e. The van der Waals surface area contributed by atoms with E-state index >= 15 is 0 Å². The fourth-order valence-electron chi connectivity index (χ4n) is 3.41. The van der Waals surface area contributed by atoms with E-state index < -0.39 is 0 Å². The number of aryl methyl sites for hydroxylation is 1. The average Bonchev–Trinajstić information content (AvgIpc) is 3.15. The van der Waals surface area contributed by atoms with Crippen molar-refractivity contribution in [1.29, 1.82) is 0 Å². The Morgan fingerprint density at radius 1 is 1.18 bits per heavy atom. The third kappa shape index (κ3) is 3.05. The predicted octanol–water partition coefficient (Wildman–Crippen LogP) is 5.99. The van der Waals surface area contributed by atoms with Crippen LogP contribution < -0.4 is 0 Å². The second-order valence-electron chi connectivity index (χ2n) is 6.45. The van der Waals surface area contributed by atoms with E-state index in [0.717, 1.165) is 22.2 Å². The van der Waals surface area contributed by atoms with Gasteiger partial charge in [0.2, 0.25) is 0 Å². The zero-order valence-electron chi connectivity index (χ0n) is 15.2. The molecule has 0 bridgehead atoms. The third-order valence-electron chi connectivity index (χ3n) is 4.63. The molecular formula is C22H17Cl2N3O. The van der Waals surface area contributed by atoms with Crippen LogP contribution in [-0.2, 0) is 6.54 Å². The number of fused-ring (bicyclic) bond motifs is 3. The largest absolute Gasteiger partial charge is 0.320 e. The van der Waals surface area contributed by atoms with E-state index in [2.05, 4.69) is 16.2 Å². The lowest BCUT2D eigenvalue weighted by atomic mass is 10.1. The minimum Gasteiger partial charge on any atom is -0.320 e. The van der Waals surface area contributed by atoms with Gasteiger partial charge < -0.3 is 4.57 Å². The fraction of sp³-hybridized carbons (Fsp3) is 0.0909. The normalized spacial score (nSPS) is 11.7. The molecule has 0 N–H and O–H groups in total. The SMILES string of the molecule is C=CCn1c2ccccc2n2nc(C)c(C(=O)/C=C/c3ccc(Cl)cc3Cl)c12. The minimum absolute atomic E-state index is 0.133. The molecule has 140 valence electrons. The number of hydrogen-bond acceptors (Lipinski definition) is 2. The molecule has 2 aromatic carbocycles. The molecule has 4 aromatic rings. The van der Waals surface area contributed by atoms with Crippen molar-refractivity contribution in [2.45, 2.75) is 13.5 Å². The van der Waals surface area contributed by atoms with Crippen LogP contribution in [0, 0.1) is 6.92 Å². The second-order valence-corrected chi connectivity index (χ2v) is 7.29. The molecular weight excluding hydrogens is 393 g/mol. The van der Waals surface area contributed by atoms with Crippen molar-refractivity contribution in [1.82, 2.24) is 14.2 Å². The highest BCUT2D eigenvalue weighted by molar-refractivity contribution is 6.35. The standard InChI is InChI=1S/C22H17Cl2N3O/c1-3-12-26-18-6-4-5-7-19(18)27-22(26)21(14(2)25-27)20(28)11-9-15-8-10-16(23)13-17(15)24/h3-11,13H,1,12H2,2H3/b11-9+. The summed E-state index contributed by atoms with van der Waals surface area (Å²) in [7, 11) is 0. The van der Waals surface area contributed by atoms with Crippen LogP contribution in [0.5, 0.6) is 0 Å². The van der Waals surface area contributed by atoms with Gasteiger partial charge in [0.15, 0.2) is 5.78 Å². The maximum absolute atomic E-state index is 13.1. The Balaban J connectivity index is 1.86. The number of carbonyl (C=O) groups is 1. The van der Waals surface area contributed by atoms with Gasteiger partial charge >= 0.3 is 0 Å². The number of imidazole rings is 1. The average molecular weight is 410 g/mol. The van der Waals surface area contributed by atoms with E-state index in [1.807, 2.05) is 41.8 Å². The van der Waals surface area contributed by atoms with Crippen molar-refractivity contribution in [2.75, 3.05) is 0 Å². The number of carbonyl (C=O) groups excluding carboxylic acids is 1. The monoisotopic (exact) mass is 409 g/mol. The van der Waals surface area contributed by atoms with Crippen LogP contribution in [0.3, 0.4) is 0 Å². The molecule has 0 fully saturated rings. The van der Waals surface area contributed by atoms with E-state index in [1.165, 1.54) is 6.08 Å². The molecule has 0 aliphatic rings. The molecule has 0 saturated carbocycles. The van der Waals surface area contributed by atoms with Gasteiger partial charge in [-0.25, -0.2) is 4.52 Å². The lowest BCUT2D eigenvalue weighted by molar-refractivity contribution is 0.104. The number of halogens is 2. The van der Waals surface area contributed by atoms with Gasteiger partial charge in [-0.1, -0.05) is 47.5 Å². The van der Waals surface area contributed by atoms with E-state index in [0.29, 0.717) is 27.8 Å². The quantitative estimate of drug-likeness (QED) is 0.230. The van der Waals surface area contributed by atoms with Crippen LogP contribution in [-0.4, -0.2) is 20.0 Å². The molecule has 28 heavy (non-hydrogen) atoms. The van der Waals surface area contributed by atoms with Crippen molar-refractivity contribution in [3.05, 3.63) is 88.1 Å². The Kier molecular flexibility index (Phi) is 4.84. The van der Waals surface area contributed by atoms with Gasteiger partial charge in [-0.15, -0.1) is 6.58 Å². The second kappa shape index (κ2) is 7.30. The number of nitrogens with zero attached hydrogens (tertiary/aromatic N) is 3. The maximum Gasteiger partial charge on any atom is 0.191 e. The van der Waals surface area contributed by atoms with E-state index in [4.69, 9.17) is 23.2 Å². The topological polar surface area (TPSA) is 39.3 Å². The molecule has 0 aliphatic heterocycles. The number of aromatic nitrogens is 3. The summed E-state index contributed by atoms with van der Waals surface area (Å²) in [5.74, 6) is -0.133. The van der Waals surface area contributed by atoms with Gasteiger partial charge in [-0.3, -0.25) is 4.79 Å².